The van der Waals surface area contributed by atoms with Crippen LogP contribution in [0.3, 0.4) is 0 Å². The highest BCUT2D eigenvalue weighted by Gasteiger charge is 2.27. The molecule has 1 unspecified atom stereocenters. The Kier molecular flexibility index (Phi) is 4.65. The summed E-state index contributed by atoms with van der Waals surface area (Å²) in [6, 6.07) is 0. The Morgan fingerprint density at radius 2 is 2.31 bits per heavy atom. The number of nitrogens with zero attached hydrogens (tertiary/aromatic N) is 2. The molecule has 1 amide bonds. The molecule has 5 heteroatoms. The lowest BCUT2D eigenvalue weighted by Gasteiger charge is -2.35. The van der Waals surface area contributed by atoms with Gasteiger partial charge in [0, 0.05) is 25.4 Å². The van der Waals surface area contributed by atoms with Crippen molar-refractivity contribution in [2.24, 2.45) is 4.99 Å². The standard InChI is InChI=1S/C11H21N3OS/c1-5-11(2)6-7-16-10(13-11)12-8-9(15)14(3)4/h5-8H2,1-4H3,(H,12,13). The highest BCUT2D eigenvalue weighted by Crippen LogP contribution is 2.24. The molecule has 1 N–H and O–H groups in total. The maximum Gasteiger partial charge on any atom is 0.243 e. The minimum atomic E-state index is 0.0404. The molecule has 0 aromatic carbocycles. The SMILES string of the molecule is CCC1(C)CCSC(=NCC(=O)N(C)C)N1. The first kappa shape index (κ1) is 13.4. The molecule has 0 aromatic rings. The van der Waals surface area contributed by atoms with Gasteiger partial charge < -0.3 is 10.2 Å². The molecular formula is C11H21N3OS. The molecule has 0 radical (unpaired) electrons. The summed E-state index contributed by atoms with van der Waals surface area (Å²) in [5.74, 6) is 1.12. The van der Waals surface area contributed by atoms with Gasteiger partial charge in [0.25, 0.3) is 0 Å². The van der Waals surface area contributed by atoms with Gasteiger partial charge in [0.1, 0.15) is 6.54 Å². The average molecular weight is 243 g/mol. The van der Waals surface area contributed by atoms with E-state index in [2.05, 4.69) is 24.2 Å². The first-order chi connectivity index (χ1) is 7.47. The monoisotopic (exact) mass is 243 g/mol. The van der Waals surface area contributed by atoms with E-state index in [0.29, 0.717) is 0 Å². The predicted molar refractivity (Wildman–Crippen MR) is 69.9 cm³/mol. The lowest BCUT2D eigenvalue weighted by molar-refractivity contribution is -0.127. The van der Waals surface area contributed by atoms with E-state index in [-0.39, 0.29) is 18.0 Å². The van der Waals surface area contributed by atoms with E-state index < -0.39 is 0 Å². The summed E-state index contributed by atoms with van der Waals surface area (Å²) < 4.78 is 0. The highest BCUT2D eigenvalue weighted by molar-refractivity contribution is 8.13. The van der Waals surface area contributed by atoms with Crippen molar-refractivity contribution in [2.45, 2.75) is 32.2 Å². The number of carbonyl (C=O) groups is 1. The quantitative estimate of drug-likeness (QED) is 0.813. The van der Waals surface area contributed by atoms with Crippen LogP contribution in [0.1, 0.15) is 26.7 Å². The van der Waals surface area contributed by atoms with Crippen molar-refractivity contribution in [3.63, 3.8) is 0 Å². The Hall–Kier alpha value is -0.710. The van der Waals surface area contributed by atoms with E-state index in [0.717, 1.165) is 23.8 Å². The van der Waals surface area contributed by atoms with Crippen molar-refractivity contribution in [2.75, 3.05) is 26.4 Å². The molecule has 1 heterocycles. The fraction of sp³-hybridized carbons (Fsp3) is 0.818. The molecule has 0 aliphatic carbocycles. The molecule has 1 aliphatic heterocycles. The van der Waals surface area contributed by atoms with Crippen LogP contribution in [0.25, 0.3) is 0 Å². The molecule has 1 aliphatic rings. The molecule has 16 heavy (non-hydrogen) atoms. The van der Waals surface area contributed by atoms with Crippen LogP contribution in [0.4, 0.5) is 0 Å². The van der Waals surface area contributed by atoms with E-state index in [1.54, 1.807) is 30.8 Å². The molecule has 92 valence electrons. The molecule has 4 nitrogen and oxygen atoms in total. The zero-order valence-electron chi connectivity index (χ0n) is 10.5. The average Bonchev–Trinajstić information content (AvgIpc) is 2.26. The summed E-state index contributed by atoms with van der Waals surface area (Å²) in [6.07, 6.45) is 2.23. The van der Waals surface area contributed by atoms with Crippen molar-refractivity contribution in [1.82, 2.24) is 10.2 Å². The molecule has 1 rings (SSSR count). The Bertz CT molecular complexity index is 291. The zero-order valence-corrected chi connectivity index (χ0v) is 11.4. The molecule has 0 spiro atoms. The topological polar surface area (TPSA) is 44.7 Å². The van der Waals surface area contributed by atoms with Crippen molar-refractivity contribution in [3.05, 3.63) is 0 Å². The smallest absolute Gasteiger partial charge is 0.243 e. The second-order valence-corrected chi connectivity index (χ2v) is 5.63. The van der Waals surface area contributed by atoms with Crippen molar-refractivity contribution in [1.29, 1.82) is 0 Å². The number of aliphatic imine (C=N–C) groups is 1. The van der Waals surface area contributed by atoms with Crippen molar-refractivity contribution >= 4 is 22.8 Å². The second kappa shape index (κ2) is 5.57. The molecule has 1 fully saturated rings. The van der Waals surface area contributed by atoms with Gasteiger partial charge in [-0.3, -0.25) is 9.79 Å². The minimum Gasteiger partial charge on any atom is -0.360 e. The second-order valence-electron chi connectivity index (χ2n) is 4.55. The Morgan fingerprint density at radius 3 is 2.88 bits per heavy atom. The third kappa shape index (κ3) is 3.70. The number of rotatable bonds is 3. The van der Waals surface area contributed by atoms with Crippen LogP contribution in [0.2, 0.25) is 0 Å². The third-order valence-corrected chi connectivity index (χ3v) is 3.85. The predicted octanol–water partition coefficient (Wildman–Crippen LogP) is 1.33. The number of likely N-dealkylation sites (N-methyl/N-ethyl adjacent to an activating group) is 1. The maximum atomic E-state index is 11.4. The van der Waals surface area contributed by atoms with Crippen LogP contribution in [0.5, 0.6) is 0 Å². The molecule has 1 atom stereocenters. The van der Waals surface area contributed by atoms with Gasteiger partial charge in [-0.05, 0) is 19.8 Å². The largest absolute Gasteiger partial charge is 0.360 e. The molecule has 0 saturated carbocycles. The number of hydrogen-bond acceptors (Lipinski definition) is 3. The van der Waals surface area contributed by atoms with Crippen molar-refractivity contribution in [3.8, 4) is 0 Å². The minimum absolute atomic E-state index is 0.0404. The van der Waals surface area contributed by atoms with Gasteiger partial charge in [0.15, 0.2) is 5.17 Å². The van der Waals surface area contributed by atoms with Gasteiger partial charge in [-0.15, -0.1) is 0 Å². The molecule has 0 aromatic heterocycles. The first-order valence-corrected chi connectivity index (χ1v) is 6.61. The number of amidine groups is 1. The molecule has 0 bridgehead atoms. The van der Waals surface area contributed by atoms with Crippen LogP contribution in [-0.2, 0) is 4.79 Å². The van der Waals surface area contributed by atoms with Gasteiger partial charge in [-0.2, -0.15) is 0 Å². The van der Waals surface area contributed by atoms with Crippen LogP contribution in [0, 0.1) is 0 Å². The molecule has 1 saturated heterocycles. The summed E-state index contributed by atoms with van der Waals surface area (Å²) in [6.45, 7) is 4.61. The number of thioether (sulfide) groups is 1. The molecular weight excluding hydrogens is 222 g/mol. The van der Waals surface area contributed by atoms with Gasteiger partial charge in [-0.1, -0.05) is 18.7 Å². The lowest BCUT2D eigenvalue weighted by atomic mass is 9.96. The summed E-state index contributed by atoms with van der Waals surface area (Å²) in [5, 5.41) is 4.32. The Labute approximate surface area is 102 Å². The summed E-state index contributed by atoms with van der Waals surface area (Å²) >= 11 is 1.70. The van der Waals surface area contributed by atoms with Gasteiger partial charge in [0.05, 0.1) is 0 Å². The first-order valence-electron chi connectivity index (χ1n) is 5.62. The Morgan fingerprint density at radius 1 is 1.62 bits per heavy atom. The van der Waals surface area contributed by atoms with E-state index in [9.17, 15) is 4.79 Å². The van der Waals surface area contributed by atoms with E-state index in [1.807, 2.05) is 0 Å². The van der Waals surface area contributed by atoms with Gasteiger partial charge >= 0.3 is 0 Å². The lowest BCUT2D eigenvalue weighted by Crippen LogP contribution is -2.48. The third-order valence-electron chi connectivity index (χ3n) is 2.94. The fourth-order valence-corrected chi connectivity index (χ4v) is 2.58. The maximum absolute atomic E-state index is 11.4. The number of amides is 1. The van der Waals surface area contributed by atoms with Crippen LogP contribution < -0.4 is 5.32 Å². The summed E-state index contributed by atoms with van der Waals surface area (Å²) in [5.41, 5.74) is 0.144. The summed E-state index contributed by atoms with van der Waals surface area (Å²) in [4.78, 5) is 17.3. The van der Waals surface area contributed by atoms with Gasteiger partial charge in [0.2, 0.25) is 5.91 Å². The van der Waals surface area contributed by atoms with Crippen LogP contribution in [-0.4, -0.2) is 47.9 Å². The van der Waals surface area contributed by atoms with Crippen LogP contribution >= 0.6 is 11.8 Å². The van der Waals surface area contributed by atoms with Gasteiger partial charge in [-0.25, -0.2) is 0 Å². The van der Waals surface area contributed by atoms with E-state index in [4.69, 9.17) is 0 Å². The van der Waals surface area contributed by atoms with E-state index in [1.165, 1.54) is 0 Å². The summed E-state index contributed by atoms with van der Waals surface area (Å²) in [7, 11) is 3.50. The fourth-order valence-electron chi connectivity index (χ4n) is 1.36. The number of nitrogens with one attached hydrogen (secondary N) is 1. The highest BCUT2D eigenvalue weighted by atomic mass is 32.2. The normalized spacial score (nSPS) is 27.6. The number of hydrogen-bond donors (Lipinski definition) is 1. The number of carbonyl (C=O) groups excluding carboxylic acids is 1. The Balaban J connectivity index is 2.54. The zero-order chi connectivity index (χ0) is 12.2. The van der Waals surface area contributed by atoms with Crippen LogP contribution in [0.15, 0.2) is 4.99 Å². The van der Waals surface area contributed by atoms with E-state index >= 15 is 0 Å². The van der Waals surface area contributed by atoms with Crippen molar-refractivity contribution < 1.29 is 4.79 Å².